The van der Waals surface area contributed by atoms with Crippen molar-refractivity contribution in [1.82, 2.24) is 20.7 Å². The number of aromatic nitrogens is 2. The lowest BCUT2D eigenvalue weighted by atomic mass is 10.1. The van der Waals surface area contributed by atoms with Crippen molar-refractivity contribution in [3.8, 4) is 0 Å². The molecule has 0 fully saturated rings. The molecule has 2 heterocycles. The third kappa shape index (κ3) is 3.30. The van der Waals surface area contributed by atoms with Crippen molar-refractivity contribution in [2.24, 2.45) is 0 Å². The van der Waals surface area contributed by atoms with Gasteiger partial charge in [0.15, 0.2) is 0 Å². The van der Waals surface area contributed by atoms with Gasteiger partial charge in [-0.1, -0.05) is 36.4 Å². The fourth-order valence-corrected chi connectivity index (χ4v) is 3.32. The van der Waals surface area contributed by atoms with Crippen LogP contribution in [0.15, 0.2) is 60.9 Å². The summed E-state index contributed by atoms with van der Waals surface area (Å²) >= 11 is 0. The van der Waals surface area contributed by atoms with E-state index in [2.05, 4.69) is 46.4 Å². The van der Waals surface area contributed by atoms with Crippen molar-refractivity contribution < 1.29 is 10.1 Å². The van der Waals surface area contributed by atoms with E-state index in [0.29, 0.717) is 13.1 Å². The van der Waals surface area contributed by atoms with Gasteiger partial charge in [0.05, 0.1) is 11.7 Å². The highest BCUT2D eigenvalue weighted by molar-refractivity contribution is 5.84. The second-order valence-electron chi connectivity index (χ2n) is 6.25. The third-order valence-electron chi connectivity index (χ3n) is 4.60. The van der Waals surface area contributed by atoms with Crippen LogP contribution in [-0.2, 0) is 12.8 Å². The van der Waals surface area contributed by atoms with Crippen LogP contribution in [0.25, 0.3) is 21.8 Å². The van der Waals surface area contributed by atoms with E-state index in [1.165, 1.54) is 10.9 Å². The fourth-order valence-electron chi connectivity index (χ4n) is 3.32. The molecule has 0 aliphatic carbocycles. The summed E-state index contributed by atoms with van der Waals surface area (Å²) < 4.78 is 1.75. The molecule has 6 heteroatoms. The summed E-state index contributed by atoms with van der Waals surface area (Å²) in [6.45, 7) is 1.20. The number of hydrogen-bond donors (Lipinski definition) is 4. The van der Waals surface area contributed by atoms with Crippen LogP contribution in [0, 0.1) is 0 Å². The third-order valence-corrected chi connectivity index (χ3v) is 4.60. The minimum atomic E-state index is 0.502. The van der Waals surface area contributed by atoms with Crippen molar-refractivity contribution in [3.05, 3.63) is 72.1 Å². The van der Waals surface area contributed by atoms with E-state index in [9.17, 15) is 0 Å². The molecule has 0 amide bonds. The topological polar surface area (TPSA) is 74.2 Å². The maximum absolute atomic E-state index is 8.84. The molecule has 2 aromatic heterocycles. The quantitative estimate of drug-likeness (QED) is 0.291. The summed E-state index contributed by atoms with van der Waals surface area (Å²) in [6, 6.07) is 16.4. The molecule has 0 aliphatic rings. The average molecular weight is 350 g/mol. The monoisotopic (exact) mass is 350 g/mol. The second-order valence-corrected chi connectivity index (χ2v) is 6.25. The highest BCUT2D eigenvalue weighted by Gasteiger charge is 2.09. The van der Waals surface area contributed by atoms with Gasteiger partial charge in [0.2, 0.25) is 0 Å². The van der Waals surface area contributed by atoms with Crippen LogP contribution in [0.4, 0.5) is 0 Å². The number of aromatic amines is 1. The lowest BCUT2D eigenvalue weighted by molar-refractivity contribution is 0.0336. The molecule has 0 saturated heterocycles. The first-order chi connectivity index (χ1) is 12.9. The van der Waals surface area contributed by atoms with E-state index in [0.717, 1.165) is 34.8 Å². The number of fused-ring (bicyclic) bond motifs is 2. The van der Waals surface area contributed by atoms with E-state index in [4.69, 9.17) is 10.1 Å². The van der Waals surface area contributed by atoms with Crippen molar-refractivity contribution >= 4 is 21.8 Å². The number of para-hydroxylation sites is 2. The molecule has 4 rings (SSSR count). The smallest absolute Gasteiger partial charge is 0.0894 e. The Morgan fingerprint density at radius 1 is 0.923 bits per heavy atom. The van der Waals surface area contributed by atoms with E-state index in [1.807, 2.05) is 30.5 Å². The van der Waals surface area contributed by atoms with E-state index >= 15 is 0 Å². The van der Waals surface area contributed by atoms with Crippen LogP contribution in [0.5, 0.6) is 0 Å². The molecule has 4 aromatic rings. The van der Waals surface area contributed by atoms with Crippen molar-refractivity contribution in [2.45, 2.75) is 12.8 Å². The van der Waals surface area contributed by atoms with Crippen molar-refractivity contribution in [3.63, 3.8) is 0 Å². The highest BCUT2D eigenvalue weighted by Crippen LogP contribution is 2.21. The standard InChI is InChI=1S/C20H22N4O2/c25-22-11-9-16-14-24(20-8-4-2-6-18(16)20)26-23-12-10-15-13-21-19-7-3-1-5-17(15)19/h1-8,13-14,21-23,25H,9-12H2. The zero-order chi connectivity index (χ0) is 17.8. The van der Waals surface area contributed by atoms with E-state index in [1.54, 1.807) is 4.73 Å². The van der Waals surface area contributed by atoms with Crippen LogP contribution in [0.1, 0.15) is 11.1 Å². The maximum atomic E-state index is 8.84. The molecule has 134 valence electrons. The summed E-state index contributed by atoms with van der Waals surface area (Å²) in [5.74, 6) is 0. The van der Waals surface area contributed by atoms with Gasteiger partial charge in [-0.05, 0) is 36.1 Å². The van der Waals surface area contributed by atoms with Crippen molar-refractivity contribution in [2.75, 3.05) is 13.1 Å². The fraction of sp³-hybridized carbons (Fsp3) is 0.200. The number of hydroxylamine groups is 2. The molecule has 26 heavy (non-hydrogen) atoms. The lowest BCUT2D eigenvalue weighted by Crippen LogP contribution is -2.28. The van der Waals surface area contributed by atoms with Crippen LogP contribution in [0.3, 0.4) is 0 Å². The van der Waals surface area contributed by atoms with Crippen molar-refractivity contribution in [1.29, 1.82) is 0 Å². The molecule has 2 aromatic carbocycles. The van der Waals surface area contributed by atoms with Gasteiger partial charge in [-0.25, -0.2) is 5.48 Å². The Hall–Kier alpha value is -2.80. The molecular weight excluding hydrogens is 328 g/mol. The largest absolute Gasteiger partial charge is 0.361 e. The van der Waals surface area contributed by atoms with Crippen LogP contribution >= 0.6 is 0 Å². The first-order valence-corrected chi connectivity index (χ1v) is 8.78. The first-order valence-electron chi connectivity index (χ1n) is 8.78. The Bertz CT molecular complexity index is 1010. The molecule has 4 N–H and O–H groups in total. The number of nitrogens with zero attached hydrogens (tertiary/aromatic N) is 1. The normalized spacial score (nSPS) is 11.4. The van der Waals surface area contributed by atoms with E-state index in [-0.39, 0.29) is 0 Å². The number of rotatable bonds is 8. The summed E-state index contributed by atoms with van der Waals surface area (Å²) in [7, 11) is 0. The molecule has 0 unspecified atom stereocenters. The number of hydrogen-bond acceptors (Lipinski definition) is 4. The zero-order valence-corrected chi connectivity index (χ0v) is 14.4. The first kappa shape index (κ1) is 16.7. The van der Waals surface area contributed by atoms with Gasteiger partial charge in [-0.15, -0.1) is 5.48 Å². The Morgan fingerprint density at radius 3 is 2.58 bits per heavy atom. The van der Waals surface area contributed by atoms with E-state index < -0.39 is 0 Å². The minimum absolute atomic E-state index is 0.502. The zero-order valence-electron chi connectivity index (χ0n) is 14.4. The van der Waals surface area contributed by atoms with Crippen LogP contribution in [0.2, 0.25) is 0 Å². The van der Waals surface area contributed by atoms with Gasteiger partial charge < -0.3 is 15.1 Å². The molecule has 0 atom stereocenters. The Labute approximate surface area is 151 Å². The average Bonchev–Trinajstić information content (AvgIpc) is 3.25. The van der Waals surface area contributed by atoms with Gasteiger partial charge in [0.1, 0.15) is 0 Å². The Morgan fingerprint density at radius 2 is 1.69 bits per heavy atom. The van der Waals surface area contributed by atoms with Gasteiger partial charge in [-0.3, -0.25) is 0 Å². The maximum Gasteiger partial charge on any atom is 0.0894 e. The molecule has 0 bridgehead atoms. The molecular formula is C20H22N4O2. The minimum Gasteiger partial charge on any atom is -0.361 e. The van der Waals surface area contributed by atoms with Gasteiger partial charge in [0, 0.05) is 35.6 Å². The Kier molecular flexibility index (Phi) is 4.88. The summed E-state index contributed by atoms with van der Waals surface area (Å²) in [5.41, 5.74) is 9.80. The summed E-state index contributed by atoms with van der Waals surface area (Å²) in [6.07, 6.45) is 5.60. The molecule has 0 aliphatic heterocycles. The SMILES string of the molecule is ONCCc1cn(ONCCc2c[nH]c3ccccc23)c2ccccc12. The molecule has 0 saturated carbocycles. The molecule has 0 radical (unpaired) electrons. The molecule has 6 nitrogen and oxygen atoms in total. The van der Waals surface area contributed by atoms with Gasteiger partial charge >= 0.3 is 0 Å². The lowest BCUT2D eigenvalue weighted by Gasteiger charge is -2.08. The predicted octanol–water partition coefficient (Wildman–Crippen LogP) is 2.82. The van der Waals surface area contributed by atoms with Gasteiger partial charge in [0.25, 0.3) is 0 Å². The summed E-state index contributed by atoms with van der Waals surface area (Å²) in [4.78, 5) is 9.06. The summed E-state index contributed by atoms with van der Waals surface area (Å²) in [5, 5.41) is 11.2. The number of nitrogens with one attached hydrogen (secondary N) is 3. The van der Waals surface area contributed by atoms with Crippen LogP contribution < -0.4 is 15.9 Å². The van der Waals surface area contributed by atoms with Gasteiger partial charge in [-0.2, -0.15) is 4.73 Å². The highest BCUT2D eigenvalue weighted by atomic mass is 16.8. The van der Waals surface area contributed by atoms with Crippen LogP contribution in [-0.4, -0.2) is 28.0 Å². The second kappa shape index (κ2) is 7.61. The molecule has 0 spiro atoms. The number of benzene rings is 2. The predicted molar refractivity (Wildman–Crippen MR) is 102 cm³/mol. The Balaban J connectivity index is 1.41. The number of H-pyrrole nitrogens is 1.